The van der Waals surface area contributed by atoms with E-state index in [2.05, 4.69) is 16.4 Å². The number of hydrogen-bond donors (Lipinski definition) is 1. The Morgan fingerprint density at radius 1 is 1.43 bits per heavy atom. The van der Waals surface area contributed by atoms with Gasteiger partial charge in [-0.1, -0.05) is 11.6 Å². The number of halogens is 1. The van der Waals surface area contributed by atoms with Crippen LogP contribution in [0.1, 0.15) is 4.88 Å². The van der Waals surface area contributed by atoms with Crippen molar-refractivity contribution in [3.8, 4) is 0 Å². The van der Waals surface area contributed by atoms with Gasteiger partial charge < -0.3 is 5.32 Å². The van der Waals surface area contributed by atoms with Gasteiger partial charge in [0.1, 0.15) is 0 Å². The zero-order chi connectivity index (χ0) is 9.54. The Morgan fingerprint density at radius 2 is 2.36 bits per heavy atom. The van der Waals surface area contributed by atoms with Gasteiger partial charge in [-0.3, -0.25) is 4.99 Å². The van der Waals surface area contributed by atoms with Gasteiger partial charge in [-0.2, -0.15) is 0 Å². The zero-order valence-corrected chi connectivity index (χ0v) is 8.82. The summed E-state index contributed by atoms with van der Waals surface area (Å²) in [5, 5.41) is 5.15. The molecule has 0 aliphatic carbocycles. The normalized spacial score (nSPS) is 14.1. The summed E-state index contributed by atoms with van der Waals surface area (Å²) in [6, 6.07) is 5.98. The molecule has 0 saturated heterocycles. The second-order valence-corrected chi connectivity index (χ2v) is 4.73. The second-order valence-electron chi connectivity index (χ2n) is 3.15. The highest BCUT2D eigenvalue weighted by molar-refractivity contribution is 7.19. The molecule has 14 heavy (non-hydrogen) atoms. The summed E-state index contributed by atoms with van der Waals surface area (Å²) >= 11 is 7.73. The van der Waals surface area contributed by atoms with Crippen molar-refractivity contribution in [2.45, 2.75) is 6.54 Å². The monoisotopic (exact) mass is 222 g/mol. The molecule has 1 aromatic carbocycles. The summed E-state index contributed by atoms with van der Waals surface area (Å²) < 4.78 is 1.26. The highest BCUT2D eigenvalue weighted by atomic mass is 35.5. The fourth-order valence-corrected chi connectivity index (χ4v) is 2.88. The van der Waals surface area contributed by atoms with Gasteiger partial charge in [0.25, 0.3) is 0 Å². The Kier molecular flexibility index (Phi) is 1.75. The van der Waals surface area contributed by atoms with Crippen molar-refractivity contribution in [3.05, 3.63) is 28.1 Å². The van der Waals surface area contributed by atoms with E-state index in [4.69, 9.17) is 11.6 Å². The van der Waals surface area contributed by atoms with E-state index >= 15 is 0 Å². The van der Waals surface area contributed by atoms with Gasteiger partial charge in [-0.15, -0.1) is 11.3 Å². The molecule has 0 spiro atoms. The molecule has 2 heterocycles. The first-order valence-corrected chi connectivity index (χ1v) is 5.50. The summed E-state index contributed by atoms with van der Waals surface area (Å²) in [4.78, 5) is 5.46. The number of anilines is 1. The van der Waals surface area contributed by atoms with Crippen LogP contribution in [0.25, 0.3) is 10.1 Å². The number of aliphatic imine (C=N–C) groups is 1. The molecule has 0 fully saturated rings. The van der Waals surface area contributed by atoms with Crippen LogP contribution in [0.3, 0.4) is 0 Å². The molecule has 4 heteroatoms. The van der Waals surface area contributed by atoms with Gasteiger partial charge in [0, 0.05) is 15.1 Å². The molecule has 1 aliphatic heterocycles. The number of rotatable bonds is 0. The fraction of sp³-hybridized carbons (Fsp3) is 0.100. The van der Waals surface area contributed by atoms with Crippen molar-refractivity contribution < 1.29 is 0 Å². The Morgan fingerprint density at radius 3 is 3.29 bits per heavy atom. The zero-order valence-electron chi connectivity index (χ0n) is 7.25. The van der Waals surface area contributed by atoms with E-state index < -0.39 is 0 Å². The Labute approximate surface area is 90.2 Å². The lowest BCUT2D eigenvalue weighted by atomic mass is 10.2. The molecule has 0 radical (unpaired) electrons. The van der Waals surface area contributed by atoms with Crippen LogP contribution in [0.15, 0.2) is 23.2 Å². The van der Waals surface area contributed by atoms with Gasteiger partial charge in [-0.05, 0) is 18.2 Å². The van der Waals surface area contributed by atoms with E-state index in [0.717, 1.165) is 11.6 Å². The van der Waals surface area contributed by atoms with Crippen molar-refractivity contribution in [3.63, 3.8) is 0 Å². The van der Waals surface area contributed by atoms with Crippen molar-refractivity contribution in [2.24, 2.45) is 4.99 Å². The third-order valence-corrected chi connectivity index (χ3v) is 3.65. The van der Waals surface area contributed by atoms with E-state index in [-0.39, 0.29) is 0 Å². The second kappa shape index (κ2) is 2.97. The molecule has 0 unspecified atom stereocenters. The van der Waals surface area contributed by atoms with Crippen molar-refractivity contribution >= 4 is 45.0 Å². The molecule has 1 N–H and O–H groups in total. The third kappa shape index (κ3) is 1.13. The number of thiophene rings is 1. The number of fused-ring (bicyclic) bond motifs is 3. The van der Waals surface area contributed by atoms with E-state index in [1.54, 1.807) is 17.7 Å². The van der Waals surface area contributed by atoms with Crippen molar-refractivity contribution in [1.82, 2.24) is 0 Å². The molecule has 70 valence electrons. The molecule has 1 aromatic heterocycles. The van der Waals surface area contributed by atoms with Crippen LogP contribution in [0.2, 0.25) is 5.02 Å². The Balaban J connectivity index is 2.35. The minimum Gasteiger partial charge on any atom is -0.345 e. The summed E-state index contributed by atoms with van der Waals surface area (Å²) in [5.74, 6) is 0. The highest BCUT2D eigenvalue weighted by Crippen LogP contribution is 2.38. The lowest BCUT2D eigenvalue weighted by molar-refractivity contribution is 1.10. The summed E-state index contributed by atoms with van der Waals surface area (Å²) in [5.41, 5.74) is 1.17. The van der Waals surface area contributed by atoms with Crippen molar-refractivity contribution in [1.29, 1.82) is 0 Å². The molecule has 0 bridgehead atoms. The molecule has 2 nitrogen and oxygen atoms in total. The molecule has 0 saturated carbocycles. The number of benzene rings is 1. The largest absolute Gasteiger partial charge is 0.345 e. The van der Waals surface area contributed by atoms with Gasteiger partial charge >= 0.3 is 0 Å². The molecule has 1 aliphatic rings. The smallest absolute Gasteiger partial charge is 0.0872 e. The standard InChI is InChI=1S/C10H7ClN2S/c11-6-1-2-8-7(3-6)10-9(14-8)4-12-5-13-10/h1-3,5H,4H2,(H,12,13). The van der Waals surface area contributed by atoms with E-state index in [1.165, 1.54) is 20.7 Å². The maximum Gasteiger partial charge on any atom is 0.0872 e. The van der Waals surface area contributed by atoms with Crippen LogP contribution in [0.4, 0.5) is 5.69 Å². The molecular weight excluding hydrogens is 216 g/mol. The van der Waals surface area contributed by atoms with E-state index in [1.807, 2.05) is 12.1 Å². The Bertz CT molecular complexity index is 530. The van der Waals surface area contributed by atoms with E-state index in [0.29, 0.717) is 0 Å². The predicted octanol–water partition coefficient (Wildman–Crippen LogP) is 3.51. The van der Waals surface area contributed by atoms with Gasteiger partial charge in [-0.25, -0.2) is 0 Å². The molecular formula is C10H7ClN2S. The Hall–Kier alpha value is -1.06. The van der Waals surface area contributed by atoms with Gasteiger partial charge in [0.15, 0.2) is 0 Å². The average molecular weight is 223 g/mol. The molecule has 0 atom stereocenters. The van der Waals surface area contributed by atoms with E-state index in [9.17, 15) is 0 Å². The first-order chi connectivity index (χ1) is 6.84. The SMILES string of the molecule is Clc1ccc2sc3c(c2c1)NC=NC3. The quantitative estimate of drug-likeness (QED) is 0.725. The van der Waals surface area contributed by atoms with Crippen LogP contribution < -0.4 is 5.32 Å². The maximum absolute atomic E-state index is 5.96. The lowest BCUT2D eigenvalue weighted by Crippen LogP contribution is -2.01. The first kappa shape index (κ1) is 8.26. The minimum absolute atomic E-state index is 0.777. The summed E-state index contributed by atoms with van der Waals surface area (Å²) in [6.45, 7) is 0.777. The molecule has 2 aromatic rings. The fourth-order valence-electron chi connectivity index (χ4n) is 1.63. The predicted molar refractivity (Wildman–Crippen MR) is 62.7 cm³/mol. The summed E-state index contributed by atoms with van der Waals surface area (Å²) in [7, 11) is 0. The summed E-state index contributed by atoms with van der Waals surface area (Å²) in [6.07, 6.45) is 1.75. The topological polar surface area (TPSA) is 24.4 Å². The van der Waals surface area contributed by atoms with Crippen LogP contribution >= 0.6 is 22.9 Å². The van der Waals surface area contributed by atoms with Crippen LogP contribution in [-0.2, 0) is 6.54 Å². The van der Waals surface area contributed by atoms with Crippen molar-refractivity contribution in [2.75, 3.05) is 5.32 Å². The van der Waals surface area contributed by atoms with Gasteiger partial charge in [0.05, 0.1) is 23.4 Å². The van der Waals surface area contributed by atoms with Gasteiger partial charge in [0.2, 0.25) is 0 Å². The third-order valence-electron chi connectivity index (χ3n) is 2.26. The number of hydrogen-bond acceptors (Lipinski definition) is 3. The molecule has 3 rings (SSSR count). The van der Waals surface area contributed by atoms with Crippen LogP contribution in [0, 0.1) is 0 Å². The average Bonchev–Trinajstić information content (AvgIpc) is 2.56. The van der Waals surface area contributed by atoms with Crippen LogP contribution in [-0.4, -0.2) is 6.34 Å². The highest BCUT2D eigenvalue weighted by Gasteiger charge is 2.13. The lowest BCUT2D eigenvalue weighted by Gasteiger charge is -2.06. The van der Waals surface area contributed by atoms with Crippen LogP contribution in [0.5, 0.6) is 0 Å². The maximum atomic E-state index is 5.96. The number of nitrogens with zero attached hydrogens (tertiary/aromatic N) is 1. The molecule has 0 amide bonds. The number of nitrogens with one attached hydrogen (secondary N) is 1. The minimum atomic E-state index is 0.777. The first-order valence-electron chi connectivity index (χ1n) is 4.30.